The van der Waals surface area contributed by atoms with Gasteiger partial charge < -0.3 is 15.1 Å². The quantitative estimate of drug-likeness (QED) is 0.462. The molecule has 0 spiro atoms. The molecule has 0 radical (unpaired) electrons. The Labute approximate surface area is 197 Å². The van der Waals surface area contributed by atoms with Crippen LogP contribution < -0.4 is 5.32 Å². The summed E-state index contributed by atoms with van der Waals surface area (Å²) in [7, 11) is 0. The molecule has 3 aromatic rings. The van der Waals surface area contributed by atoms with Gasteiger partial charge in [0.25, 0.3) is 0 Å². The van der Waals surface area contributed by atoms with E-state index in [0.29, 0.717) is 13.1 Å². The second-order valence-electron chi connectivity index (χ2n) is 8.56. The number of halogens is 1. The Morgan fingerprint density at radius 1 is 1.06 bits per heavy atom. The highest BCUT2D eigenvalue weighted by Crippen LogP contribution is 2.28. The van der Waals surface area contributed by atoms with E-state index in [1.807, 2.05) is 49.6 Å². The predicted molar refractivity (Wildman–Crippen MR) is 130 cm³/mol. The second kappa shape index (κ2) is 10.2. The minimum atomic E-state index is -0.307. The summed E-state index contributed by atoms with van der Waals surface area (Å²) in [6, 6.07) is 15.7. The molecular weight excluding hydrogens is 437 g/mol. The number of hydrogen-bond acceptors (Lipinski definition) is 3. The number of carbonyl (C=O) groups is 2. The van der Waals surface area contributed by atoms with Crippen LogP contribution in [-0.4, -0.2) is 34.3 Å². The van der Waals surface area contributed by atoms with Crippen LogP contribution in [-0.2, 0) is 17.9 Å². The fourth-order valence-electron chi connectivity index (χ4n) is 3.70. The zero-order chi connectivity index (χ0) is 23.4. The highest BCUT2D eigenvalue weighted by atomic mass is 32.1. The van der Waals surface area contributed by atoms with Crippen molar-refractivity contribution in [2.45, 2.75) is 45.8 Å². The Bertz CT molecular complexity index is 1120. The number of nitrogens with zero attached hydrogens (tertiary/aromatic N) is 2. The van der Waals surface area contributed by atoms with Crippen LogP contribution in [0.3, 0.4) is 0 Å². The van der Waals surface area contributed by atoms with Gasteiger partial charge in [-0.1, -0.05) is 24.3 Å². The molecule has 7 heteroatoms. The van der Waals surface area contributed by atoms with Crippen molar-refractivity contribution < 1.29 is 14.0 Å². The van der Waals surface area contributed by atoms with Crippen LogP contribution in [0.25, 0.3) is 0 Å². The number of amides is 3. The summed E-state index contributed by atoms with van der Waals surface area (Å²) in [4.78, 5) is 31.0. The molecule has 0 bridgehead atoms. The maximum absolute atomic E-state index is 13.4. The molecule has 172 valence electrons. The number of rotatable bonds is 8. The molecule has 1 aliphatic rings. The maximum atomic E-state index is 13.4. The van der Waals surface area contributed by atoms with Gasteiger partial charge in [0.15, 0.2) is 0 Å². The molecule has 4 rings (SSSR count). The van der Waals surface area contributed by atoms with Gasteiger partial charge in [-0.2, -0.15) is 0 Å². The monoisotopic (exact) mass is 465 g/mol. The first-order valence-corrected chi connectivity index (χ1v) is 12.0. The lowest BCUT2D eigenvalue weighted by Crippen LogP contribution is -2.45. The Balaban J connectivity index is 1.50. The molecule has 1 N–H and O–H groups in total. The summed E-state index contributed by atoms with van der Waals surface area (Å²) in [5.74, 6) is -0.433. The lowest BCUT2D eigenvalue weighted by molar-refractivity contribution is -0.133. The average Bonchev–Trinajstić information content (AvgIpc) is 3.55. The molecular formula is C26H28FN3O2S. The van der Waals surface area contributed by atoms with Crippen molar-refractivity contribution in [2.75, 3.05) is 11.9 Å². The third-order valence-corrected chi connectivity index (χ3v) is 6.77. The molecule has 0 saturated heterocycles. The zero-order valence-corrected chi connectivity index (χ0v) is 19.7. The van der Waals surface area contributed by atoms with E-state index < -0.39 is 0 Å². The van der Waals surface area contributed by atoms with Gasteiger partial charge >= 0.3 is 6.03 Å². The van der Waals surface area contributed by atoms with E-state index in [0.717, 1.165) is 40.1 Å². The second-order valence-corrected chi connectivity index (χ2v) is 9.56. The highest BCUT2D eigenvalue weighted by molar-refractivity contribution is 7.10. The van der Waals surface area contributed by atoms with E-state index in [9.17, 15) is 14.0 Å². The lowest BCUT2D eigenvalue weighted by Gasteiger charge is -2.28. The molecule has 0 aliphatic heterocycles. The van der Waals surface area contributed by atoms with E-state index in [-0.39, 0.29) is 30.3 Å². The molecule has 0 unspecified atom stereocenters. The Morgan fingerprint density at radius 2 is 1.82 bits per heavy atom. The minimum Gasteiger partial charge on any atom is -0.332 e. The fraction of sp³-hybridized carbons (Fsp3) is 0.308. The van der Waals surface area contributed by atoms with Crippen LogP contribution in [0, 0.1) is 19.7 Å². The molecule has 33 heavy (non-hydrogen) atoms. The molecule has 1 heterocycles. The van der Waals surface area contributed by atoms with Crippen LogP contribution in [0.1, 0.15) is 34.4 Å². The molecule has 0 atom stereocenters. The molecule has 1 fully saturated rings. The smallest absolute Gasteiger partial charge is 0.322 e. The first-order chi connectivity index (χ1) is 15.9. The number of thiophene rings is 1. The van der Waals surface area contributed by atoms with E-state index >= 15 is 0 Å². The van der Waals surface area contributed by atoms with Crippen molar-refractivity contribution in [2.24, 2.45) is 0 Å². The predicted octanol–water partition coefficient (Wildman–Crippen LogP) is 5.73. The van der Waals surface area contributed by atoms with Gasteiger partial charge in [-0.15, -0.1) is 11.3 Å². The van der Waals surface area contributed by atoms with Crippen molar-refractivity contribution >= 4 is 29.0 Å². The Kier molecular flexibility index (Phi) is 7.08. The Hall–Kier alpha value is -3.19. The van der Waals surface area contributed by atoms with E-state index in [1.54, 1.807) is 33.3 Å². The SMILES string of the molecule is Cc1cccc(NC(=O)N(CC(=O)N(Cc2ccc(F)cc2)Cc2sccc2C)C2CC2)c1. The van der Waals surface area contributed by atoms with E-state index in [2.05, 4.69) is 5.32 Å². The summed E-state index contributed by atoms with van der Waals surface area (Å²) >= 11 is 1.61. The van der Waals surface area contributed by atoms with Crippen LogP contribution >= 0.6 is 11.3 Å². The van der Waals surface area contributed by atoms with Gasteiger partial charge in [0.2, 0.25) is 5.91 Å². The average molecular weight is 466 g/mol. The van der Waals surface area contributed by atoms with Crippen molar-refractivity contribution in [3.8, 4) is 0 Å². The number of benzene rings is 2. The minimum absolute atomic E-state index is 0.00787. The third-order valence-electron chi connectivity index (χ3n) is 5.77. The lowest BCUT2D eigenvalue weighted by atomic mass is 10.2. The number of anilines is 1. The van der Waals surface area contributed by atoms with Crippen LogP contribution in [0.5, 0.6) is 0 Å². The van der Waals surface area contributed by atoms with Gasteiger partial charge in [-0.3, -0.25) is 4.79 Å². The van der Waals surface area contributed by atoms with Gasteiger partial charge in [-0.05, 0) is 79.1 Å². The Morgan fingerprint density at radius 3 is 2.45 bits per heavy atom. The number of aryl methyl sites for hydroxylation is 2. The van der Waals surface area contributed by atoms with Gasteiger partial charge in [-0.25, -0.2) is 9.18 Å². The molecule has 1 aromatic heterocycles. The van der Waals surface area contributed by atoms with E-state index in [4.69, 9.17) is 0 Å². The molecule has 5 nitrogen and oxygen atoms in total. The fourth-order valence-corrected chi connectivity index (χ4v) is 4.62. The van der Waals surface area contributed by atoms with Crippen LogP contribution in [0.2, 0.25) is 0 Å². The third kappa shape index (κ3) is 6.20. The molecule has 3 amide bonds. The number of hydrogen-bond donors (Lipinski definition) is 1. The van der Waals surface area contributed by atoms with Crippen molar-refractivity contribution in [1.82, 2.24) is 9.80 Å². The topological polar surface area (TPSA) is 52.7 Å². The first-order valence-electron chi connectivity index (χ1n) is 11.1. The molecule has 1 aliphatic carbocycles. The number of urea groups is 1. The summed E-state index contributed by atoms with van der Waals surface area (Å²) < 4.78 is 13.4. The van der Waals surface area contributed by atoms with Gasteiger partial charge in [0.1, 0.15) is 12.4 Å². The van der Waals surface area contributed by atoms with Crippen LogP contribution in [0.15, 0.2) is 60.0 Å². The first kappa shape index (κ1) is 23.0. The number of nitrogens with one attached hydrogen (secondary N) is 1. The van der Waals surface area contributed by atoms with Gasteiger partial charge in [0, 0.05) is 23.2 Å². The van der Waals surface area contributed by atoms with E-state index in [1.165, 1.54) is 12.1 Å². The summed E-state index contributed by atoms with van der Waals surface area (Å²) in [6.07, 6.45) is 1.80. The summed E-state index contributed by atoms with van der Waals surface area (Å²) in [5, 5.41) is 4.95. The summed E-state index contributed by atoms with van der Waals surface area (Å²) in [6.45, 7) is 4.82. The van der Waals surface area contributed by atoms with Crippen molar-refractivity contribution in [1.29, 1.82) is 0 Å². The summed E-state index contributed by atoms with van der Waals surface area (Å²) in [5.41, 5.74) is 3.75. The largest absolute Gasteiger partial charge is 0.332 e. The molecule has 2 aromatic carbocycles. The zero-order valence-electron chi connectivity index (χ0n) is 18.9. The highest BCUT2D eigenvalue weighted by Gasteiger charge is 2.35. The normalized spacial score (nSPS) is 12.9. The van der Waals surface area contributed by atoms with Gasteiger partial charge in [0.05, 0.1) is 6.54 Å². The van der Waals surface area contributed by atoms with Crippen molar-refractivity contribution in [3.63, 3.8) is 0 Å². The van der Waals surface area contributed by atoms with Crippen molar-refractivity contribution in [3.05, 3.63) is 87.4 Å². The standard InChI is InChI=1S/C26H28FN3O2S/c1-18-4-3-5-22(14-18)28-26(32)30(23-10-11-23)17-25(31)29(16-24-19(2)12-13-33-24)15-20-6-8-21(27)9-7-20/h3-9,12-14,23H,10-11,15-17H2,1-2H3,(H,28,32). The molecule has 1 saturated carbocycles. The maximum Gasteiger partial charge on any atom is 0.322 e. The van der Waals surface area contributed by atoms with Crippen LogP contribution in [0.4, 0.5) is 14.9 Å². The number of carbonyl (C=O) groups excluding carboxylic acids is 2.